The van der Waals surface area contributed by atoms with Gasteiger partial charge in [-0.05, 0) is 30.7 Å². The number of nitrogens with one attached hydrogen (secondary N) is 2. The third kappa shape index (κ3) is 4.99. The van der Waals surface area contributed by atoms with E-state index in [1.807, 2.05) is 4.72 Å². The van der Waals surface area contributed by atoms with E-state index < -0.39 is 20.6 Å². The van der Waals surface area contributed by atoms with Crippen molar-refractivity contribution in [2.75, 3.05) is 9.44 Å². The fourth-order valence-electron chi connectivity index (χ4n) is 1.13. The summed E-state index contributed by atoms with van der Waals surface area (Å²) in [6.07, 6.45) is 0. The Balaban J connectivity index is 3.02. The van der Waals surface area contributed by atoms with Crippen molar-refractivity contribution in [3.05, 3.63) is 23.8 Å². The number of hydrogen-bond donors (Lipinski definition) is 4. The summed E-state index contributed by atoms with van der Waals surface area (Å²) in [5.74, 6) is 0. The lowest BCUT2D eigenvalue weighted by Gasteiger charge is -2.09. The summed E-state index contributed by atoms with van der Waals surface area (Å²) >= 11 is 0. The van der Waals surface area contributed by atoms with Crippen LogP contribution in [0.2, 0.25) is 0 Å². The van der Waals surface area contributed by atoms with Gasteiger partial charge in [0.1, 0.15) is 0 Å². The van der Waals surface area contributed by atoms with E-state index in [0.29, 0.717) is 5.56 Å². The lowest BCUT2D eigenvalue weighted by molar-refractivity contribution is 0.487. The van der Waals surface area contributed by atoms with Crippen molar-refractivity contribution < 1.29 is 25.9 Å². The third-order valence-electron chi connectivity index (χ3n) is 1.71. The summed E-state index contributed by atoms with van der Waals surface area (Å²) in [5, 5.41) is 0. The van der Waals surface area contributed by atoms with Gasteiger partial charge in [-0.3, -0.25) is 18.5 Å². The molecule has 0 saturated carbocycles. The van der Waals surface area contributed by atoms with Crippen molar-refractivity contribution in [1.82, 2.24) is 0 Å². The van der Waals surface area contributed by atoms with E-state index in [2.05, 4.69) is 0 Å². The normalized spacial score (nSPS) is 12.2. The van der Waals surface area contributed by atoms with Crippen LogP contribution < -0.4 is 9.44 Å². The molecule has 4 N–H and O–H groups in total. The maximum Gasteiger partial charge on any atom is 0.357 e. The zero-order valence-corrected chi connectivity index (χ0v) is 10.2. The van der Waals surface area contributed by atoms with Crippen LogP contribution in [0.1, 0.15) is 5.56 Å². The van der Waals surface area contributed by atoms with Crippen molar-refractivity contribution in [1.29, 1.82) is 0 Å². The zero-order valence-electron chi connectivity index (χ0n) is 8.58. The summed E-state index contributed by atoms with van der Waals surface area (Å²) in [5.41, 5.74) is 0.510. The van der Waals surface area contributed by atoms with Gasteiger partial charge in [0.2, 0.25) is 0 Å². The van der Waals surface area contributed by atoms with E-state index in [1.54, 1.807) is 4.72 Å². The molecule has 0 amide bonds. The number of aryl methyl sites for hydroxylation is 1. The minimum Gasteiger partial charge on any atom is -0.269 e. The topological polar surface area (TPSA) is 133 Å². The summed E-state index contributed by atoms with van der Waals surface area (Å²) in [6.45, 7) is 1.49. The van der Waals surface area contributed by atoms with E-state index >= 15 is 0 Å². The van der Waals surface area contributed by atoms with Crippen LogP contribution in [-0.4, -0.2) is 25.9 Å². The SMILES string of the molecule is Cc1cc(NS(=O)(=O)O)ccc1NS(=O)(=O)O. The highest BCUT2D eigenvalue weighted by Gasteiger charge is 2.09. The molecule has 0 aliphatic rings. The number of rotatable bonds is 4. The highest BCUT2D eigenvalue weighted by Crippen LogP contribution is 2.20. The average Bonchev–Trinajstić information content (AvgIpc) is 2.05. The first-order valence-electron chi connectivity index (χ1n) is 4.18. The Morgan fingerprint density at radius 1 is 1.00 bits per heavy atom. The Bertz CT molecular complexity index is 622. The van der Waals surface area contributed by atoms with Crippen LogP contribution in [0.5, 0.6) is 0 Å². The van der Waals surface area contributed by atoms with Gasteiger partial charge in [-0.1, -0.05) is 0 Å². The Hall–Kier alpha value is -1.36. The second-order valence-corrected chi connectivity index (χ2v) is 5.49. The molecule has 0 fully saturated rings. The molecule has 1 rings (SSSR count). The lowest BCUT2D eigenvalue weighted by atomic mass is 10.2. The van der Waals surface area contributed by atoms with E-state index in [9.17, 15) is 16.8 Å². The van der Waals surface area contributed by atoms with E-state index in [0.717, 1.165) is 0 Å². The van der Waals surface area contributed by atoms with Crippen molar-refractivity contribution >= 4 is 32.0 Å². The van der Waals surface area contributed by atoms with Gasteiger partial charge in [0, 0.05) is 0 Å². The summed E-state index contributed by atoms with van der Waals surface area (Å²) in [6, 6.07) is 3.73. The average molecular weight is 282 g/mol. The quantitative estimate of drug-likeness (QED) is 0.592. The van der Waals surface area contributed by atoms with Gasteiger partial charge in [-0.2, -0.15) is 16.8 Å². The Labute approximate surface area is 98.4 Å². The van der Waals surface area contributed by atoms with Crippen LogP contribution in [0.4, 0.5) is 11.4 Å². The molecule has 0 unspecified atom stereocenters. The predicted molar refractivity (Wildman–Crippen MR) is 61.5 cm³/mol. The molecular weight excluding hydrogens is 272 g/mol. The molecule has 0 atom stereocenters. The smallest absolute Gasteiger partial charge is 0.269 e. The van der Waals surface area contributed by atoms with Crippen molar-refractivity contribution in [2.45, 2.75) is 6.92 Å². The molecule has 10 heteroatoms. The van der Waals surface area contributed by atoms with Crippen LogP contribution in [-0.2, 0) is 20.6 Å². The van der Waals surface area contributed by atoms with E-state index in [4.69, 9.17) is 9.11 Å². The predicted octanol–water partition coefficient (Wildman–Crippen LogP) is 0.424. The van der Waals surface area contributed by atoms with Crippen LogP contribution >= 0.6 is 0 Å². The lowest BCUT2D eigenvalue weighted by Crippen LogP contribution is -2.13. The van der Waals surface area contributed by atoms with Crippen LogP contribution in [0.15, 0.2) is 18.2 Å². The molecule has 0 heterocycles. The van der Waals surface area contributed by atoms with E-state index in [-0.39, 0.29) is 11.4 Å². The number of anilines is 2. The molecule has 96 valence electrons. The Morgan fingerprint density at radius 3 is 1.94 bits per heavy atom. The molecule has 0 aromatic heterocycles. The molecule has 0 aliphatic heterocycles. The highest BCUT2D eigenvalue weighted by atomic mass is 32.2. The summed E-state index contributed by atoms with van der Waals surface area (Å²) in [7, 11) is -8.77. The molecule has 0 bridgehead atoms. The molecule has 0 spiro atoms. The molecule has 0 aliphatic carbocycles. The minimum atomic E-state index is -4.39. The van der Waals surface area contributed by atoms with E-state index in [1.165, 1.54) is 25.1 Å². The second-order valence-electron chi connectivity index (χ2n) is 3.18. The first-order valence-corrected chi connectivity index (χ1v) is 7.06. The fraction of sp³-hybridized carbons (Fsp3) is 0.143. The molecule has 17 heavy (non-hydrogen) atoms. The molecule has 8 nitrogen and oxygen atoms in total. The van der Waals surface area contributed by atoms with Crippen molar-refractivity contribution in [2.24, 2.45) is 0 Å². The van der Waals surface area contributed by atoms with Crippen LogP contribution in [0.25, 0.3) is 0 Å². The van der Waals surface area contributed by atoms with Gasteiger partial charge in [-0.25, -0.2) is 0 Å². The zero-order chi connectivity index (χ0) is 13.3. The van der Waals surface area contributed by atoms with Crippen LogP contribution in [0.3, 0.4) is 0 Å². The Kier molecular flexibility index (Phi) is 3.62. The molecule has 0 saturated heterocycles. The molecule has 0 radical (unpaired) electrons. The third-order valence-corrected chi connectivity index (χ3v) is 2.68. The van der Waals surface area contributed by atoms with Gasteiger partial charge in [0.05, 0.1) is 11.4 Å². The minimum absolute atomic E-state index is 0.0610. The van der Waals surface area contributed by atoms with Gasteiger partial charge < -0.3 is 0 Å². The van der Waals surface area contributed by atoms with Gasteiger partial charge >= 0.3 is 20.6 Å². The number of hydrogen-bond acceptors (Lipinski definition) is 4. The van der Waals surface area contributed by atoms with Gasteiger partial charge in [-0.15, -0.1) is 0 Å². The monoisotopic (exact) mass is 282 g/mol. The highest BCUT2D eigenvalue weighted by molar-refractivity contribution is 7.87. The first kappa shape index (κ1) is 13.7. The maximum atomic E-state index is 10.6. The number of benzene rings is 1. The summed E-state index contributed by atoms with van der Waals surface area (Å²) in [4.78, 5) is 0. The standard InChI is InChI=1S/C7H10N2O6S2/c1-5-4-6(8-16(10,11)12)2-3-7(5)9-17(13,14)15/h2-4,8-9H,1H3,(H,10,11,12)(H,13,14,15). The first-order chi connectivity index (χ1) is 7.57. The van der Waals surface area contributed by atoms with Gasteiger partial charge in [0.25, 0.3) is 0 Å². The Morgan fingerprint density at radius 2 is 1.53 bits per heavy atom. The summed E-state index contributed by atoms with van der Waals surface area (Å²) < 4.78 is 62.9. The van der Waals surface area contributed by atoms with Crippen LogP contribution in [0, 0.1) is 6.92 Å². The molecular formula is C7H10N2O6S2. The maximum absolute atomic E-state index is 10.6. The molecule has 1 aromatic rings. The second kappa shape index (κ2) is 4.49. The fourth-order valence-corrected chi connectivity index (χ4v) is 2.06. The largest absolute Gasteiger partial charge is 0.357 e. The van der Waals surface area contributed by atoms with Gasteiger partial charge in [0.15, 0.2) is 0 Å². The van der Waals surface area contributed by atoms with Crippen molar-refractivity contribution in [3.8, 4) is 0 Å². The van der Waals surface area contributed by atoms with Crippen molar-refractivity contribution in [3.63, 3.8) is 0 Å². The molecule has 1 aromatic carbocycles.